The Morgan fingerprint density at radius 1 is 1.09 bits per heavy atom. The van der Waals surface area contributed by atoms with Crippen molar-refractivity contribution < 1.29 is 4.74 Å². The average Bonchev–Trinajstić information content (AvgIpc) is 3.23. The van der Waals surface area contributed by atoms with Crippen molar-refractivity contribution in [1.29, 1.82) is 0 Å². The summed E-state index contributed by atoms with van der Waals surface area (Å²) in [6.45, 7) is 4.28. The standard InChI is InChI=1S/C26H27ClN4OS/c1-17-6-8-18(9-7-17)22-21-5-3-4-15-30-24(19-10-12-20(27)13-11-19)29-31(26(21)30)23(22)25(33)28-14-16-32-2/h6-13H,3-5,14-16H2,1-2H3,(H,28,33). The first-order valence-electron chi connectivity index (χ1n) is 11.3. The quantitative estimate of drug-likeness (QED) is 0.286. The van der Waals surface area contributed by atoms with E-state index in [1.54, 1.807) is 7.11 Å². The van der Waals surface area contributed by atoms with Crippen LogP contribution >= 0.6 is 23.8 Å². The maximum atomic E-state index is 6.15. The molecule has 2 aromatic heterocycles. The van der Waals surface area contributed by atoms with Gasteiger partial charge in [0.15, 0.2) is 5.82 Å². The predicted molar refractivity (Wildman–Crippen MR) is 138 cm³/mol. The van der Waals surface area contributed by atoms with Crippen LogP contribution in [0.3, 0.4) is 0 Å². The summed E-state index contributed by atoms with van der Waals surface area (Å²) in [6, 6.07) is 16.6. The second-order valence-corrected chi connectivity index (χ2v) is 9.34. The Morgan fingerprint density at radius 2 is 1.82 bits per heavy atom. The van der Waals surface area contributed by atoms with Crippen LogP contribution < -0.4 is 5.32 Å². The van der Waals surface area contributed by atoms with Gasteiger partial charge in [-0.2, -0.15) is 0 Å². The fraction of sp³-hybridized carbons (Fsp3) is 0.308. The molecule has 5 nitrogen and oxygen atoms in total. The molecule has 0 bridgehead atoms. The molecule has 0 saturated heterocycles. The van der Waals surface area contributed by atoms with E-state index in [0.717, 1.165) is 53.6 Å². The Morgan fingerprint density at radius 3 is 2.55 bits per heavy atom. The highest BCUT2D eigenvalue weighted by atomic mass is 35.5. The van der Waals surface area contributed by atoms with E-state index in [0.29, 0.717) is 18.1 Å². The summed E-state index contributed by atoms with van der Waals surface area (Å²) < 4.78 is 9.64. The molecule has 1 aliphatic rings. The average molecular weight is 479 g/mol. The van der Waals surface area contributed by atoms with Gasteiger partial charge in [0.05, 0.1) is 6.61 Å². The van der Waals surface area contributed by atoms with Gasteiger partial charge in [0.2, 0.25) is 0 Å². The van der Waals surface area contributed by atoms with Gasteiger partial charge in [-0.1, -0.05) is 53.6 Å². The largest absolute Gasteiger partial charge is 0.383 e. The number of aryl methyl sites for hydroxylation is 3. The molecule has 170 valence electrons. The van der Waals surface area contributed by atoms with E-state index in [-0.39, 0.29) is 0 Å². The second-order valence-electron chi connectivity index (χ2n) is 8.49. The molecule has 0 radical (unpaired) electrons. The Bertz CT molecular complexity index is 1310. The molecule has 7 heteroatoms. The van der Waals surface area contributed by atoms with Crippen molar-refractivity contribution in [3.8, 4) is 22.5 Å². The lowest BCUT2D eigenvalue weighted by Gasteiger charge is -2.11. The molecule has 1 N–H and O–H groups in total. The second kappa shape index (κ2) is 9.29. The molecule has 0 amide bonds. The number of methoxy groups -OCH3 is 1. The molecule has 0 spiro atoms. The number of hydrogen-bond donors (Lipinski definition) is 1. The summed E-state index contributed by atoms with van der Waals surface area (Å²) in [6.07, 6.45) is 3.24. The number of nitrogens with one attached hydrogen (secondary N) is 1. The Kier molecular flexibility index (Phi) is 6.23. The molecule has 3 heterocycles. The maximum Gasteiger partial charge on any atom is 0.162 e. The number of ether oxygens (including phenoxy) is 1. The van der Waals surface area contributed by atoms with Gasteiger partial charge < -0.3 is 14.6 Å². The fourth-order valence-electron chi connectivity index (χ4n) is 4.64. The van der Waals surface area contributed by atoms with Gasteiger partial charge >= 0.3 is 0 Å². The van der Waals surface area contributed by atoms with Gasteiger partial charge in [0.25, 0.3) is 0 Å². The molecule has 0 aliphatic carbocycles. The highest BCUT2D eigenvalue weighted by Gasteiger charge is 2.29. The number of nitrogens with zero attached hydrogens (tertiary/aromatic N) is 3. The summed E-state index contributed by atoms with van der Waals surface area (Å²) in [5.74, 6) is 0.946. The van der Waals surface area contributed by atoms with Gasteiger partial charge in [-0.05, 0) is 56.0 Å². The van der Waals surface area contributed by atoms with Crippen LogP contribution in [0.4, 0.5) is 0 Å². The number of thiocarbonyl (C=S) groups is 1. The van der Waals surface area contributed by atoms with Crippen LogP contribution in [0.25, 0.3) is 28.2 Å². The molecule has 0 saturated carbocycles. The van der Waals surface area contributed by atoms with Crippen LogP contribution in [-0.2, 0) is 17.7 Å². The van der Waals surface area contributed by atoms with E-state index in [1.807, 2.05) is 24.3 Å². The third kappa shape index (κ3) is 4.07. The molecular formula is C26H27ClN4OS. The predicted octanol–water partition coefficient (Wildman–Crippen LogP) is 5.68. The first kappa shape index (κ1) is 22.1. The van der Waals surface area contributed by atoms with Gasteiger partial charge in [0.1, 0.15) is 16.3 Å². The molecule has 2 aromatic carbocycles. The highest BCUT2D eigenvalue weighted by Crippen LogP contribution is 2.38. The van der Waals surface area contributed by atoms with Crippen molar-refractivity contribution in [2.75, 3.05) is 20.3 Å². The molecule has 4 aromatic rings. The molecule has 0 unspecified atom stereocenters. The van der Waals surface area contributed by atoms with Crippen molar-refractivity contribution in [1.82, 2.24) is 19.5 Å². The molecule has 5 rings (SSSR count). The van der Waals surface area contributed by atoms with E-state index in [4.69, 9.17) is 33.7 Å². The lowest BCUT2D eigenvalue weighted by Crippen LogP contribution is -2.27. The topological polar surface area (TPSA) is 43.5 Å². The molecule has 0 atom stereocenters. The summed E-state index contributed by atoms with van der Waals surface area (Å²) in [5, 5.41) is 9.22. The van der Waals surface area contributed by atoms with Gasteiger partial charge in [-0.3, -0.25) is 0 Å². The fourth-order valence-corrected chi connectivity index (χ4v) is 5.06. The summed E-state index contributed by atoms with van der Waals surface area (Å²) in [7, 11) is 1.70. The molecule has 1 aliphatic heterocycles. The Hall–Kier alpha value is -2.67. The van der Waals surface area contributed by atoms with E-state index >= 15 is 0 Å². The van der Waals surface area contributed by atoms with Gasteiger partial charge in [-0.25, -0.2) is 4.52 Å². The van der Waals surface area contributed by atoms with Crippen molar-refractivity contribution in [2.24, 2.45) is 0 Å². The minimum absolute atomic E-state index is 0.589. The van der Waals surface area contributed by atoms with Crippen molar-refractivity contribution in [2.45, 2.75) is 32.7 Å². The zero-order chi connectivity index (χ0) is 22.9. The maximum absolute atomic E-state index is 6.15. The first-order valence-corrected chi connectivity index (χ1v) is 12.1. The van der Waals surface area contributed by atoms with Crippen molar-refractivity contribution in [3.63, 3.8) is 0 Å². The van der Waals surface area contributed by atoms with Crippen LogP contribution in [0.5, 0.6) is 0 Å². The van der Waals surface area contributed by atoms with Gasteiger partial charge in [-0.15, -0.1) is 5.10 Å². The third-order valence-electron chi connectivity index (χ3n) is 6.23. The van der Waals surface area contributed by atoms with Crippen LogP contribution in [0.1, 0.15) is 29.7 Å². The Labute approximate surface area is 204 Å². The van der Waals surface area contributed by atoms with Crippen molar-refractivity contribution in [3.05, 3.63) is 70.4 Å². The number of hydrogen-bond acceptors (Lipinski definition) is 3. The number of aromatic nitrogens is 3. The zero-order valence-electron chi connectivity index (χ0n) is 18.9. The lowest BCUT2D eigenvalue weighted by molar-refractivity contribution is 0.204. The van der Waals surface area contributed by atoms with E-state index < -0.39 is 0 Å². The normalized spacial score (nSPS) is 13.3. The lowest BCUT2D eigenvalue weighted by atomic mass is 9.97. The Balaban J connectivity index is 1.76. The molecule has 33 heavy (non-hydrogen) atoms. The van der Waals surface area contributed by atoms with Crippen LogP contribution in [0.2, 0.25) is 5.02 Å². The van der Waals surface area contributed by atoms with E-state index in [2.05, 4.69) is 45.6 Å². The monoisotopic (exact) mass is 478 g/mol. The van der Waals surface area contributed by atoms with Gasteiger partial charge in [0, 0.05) is 41.9 Å². The minimum atomic E-state index is 0.589. The number of benzene rings is 2. The summed E-state index contributed by atoms with van der Waals surface area (Å²) in [4.78, 5) is 0.691. The summed E-state index contributed by atoms with van der Waals surface area (Å²) in [5.41, 5.74) is 8.05. The SMILES string of the molecule is COCCNC(=S)c1c(-c2ccc(C)cc2)c2c3n(c(-c4ccc(Cl)cc4)nn13)CCCC2. The summed E-state index contributed by atoms with van der Waals surface area (Å²) >= 11 is 12.1. The molecule has 0 fully saturated rings. The van der Waals surface area contributed by atoms with Crippen LogP contribution in [0, 0.1) is 6.92 Å². The van der Waals surface area contributed by atoms with Crippen LogP contribution in [-0.4, -0.2) is 39.4 Å². The van der Waals surface area contributed by atoms with E-state index in [9.17, 15) is 0 Å². The highest BCUT2D eigenvalue weighted by molar-refractivity contribution is 7.80. The minimum Gasteiger partial charge on any atom is -0.383 e. The van der Waals surface area contributed by atoms with Crippen LogP contribution in [0.15, 0.2) is 48.5 Å². The zero-order valence-corrected chi connectivity index (χ0v) is 20.5. The number of halogens is 1. The number of rotatable bonds is 6. The third-order valence-corrected chi connectivity index (χ3v) is 6.82. The first-order chi connectivity index (χ1) is 16.1. The van der Waals surface area contributed by atoms with E-state index in [1.165, 1.54) is 22.3 Å². The molecular weight excluding hydrogens is 452 g/mol. The smallest absolute Gasteiger partial charge is 0.162 e. The van der Waals surface area contributed by atoms with Crippen molar-refractivity contribution >= 4 is 34.5 Å².